The molecule has 3 heteroatoms. The van der Waals surface area contributed by atoms with Crippen LogP contribution in [0.15, 0.2) is 16.8 Å². The summed E-state index contributed by atoms with van der Waals surface area (Å²) in [5.41, 5.74) is 1.42. The number of nitrogens with zero attached hydrogens (tertiary/aromatic N) is 1. The van der Waals surface area contributed by atoms with Gasteiger partial charge in [0.2, 0.25) is 0 Å². The van der Waals surface area contributed by atoms with Crippen molar-refractivity contribution in [3.63, 3.8) is 0 Å². The van der Waals surface area contributed by atoms with Gasteiger partial charge < -0.3 is 5.32 Å². The highest BCUT2D eigenvalue weighted by Gasteiger charge is 2.08. The molecule has 1 unspecified atom stereocenters. The maximum absolute atomic E-state index is 3.46. The molecule has 0 aliphatic carbocycles. The second kappa shape index (κ2) is 6.99. The molecule has 0 saturated carbocycles. The van der Waals surface area contributed by atoms with Crippen LogP contribution in [0, 0.1) is 0 Å². The van der Waals surface area contributed by atoms with Gasteiger partial charge in [-0.15, -0.1) is 0 Å². The highest BCUT2D eigenvalue weighted by molar-refractivity contribution is 7.07. The number of rotatable bonds is 7. The second-order valence-corrected chi connectivity index (χ2v) is 4.88. The van der Waals surface area contributed by atoms with Crippen LogP contribution in [0.1, 0.15) is 25.8 Å². The van der Waals surface area contributed by atoms with E-state index in [9.17, 15) is 0 Å². The van der Waals surface area contributed by atoms with E-state index in [1.807, 2.05) is 0 Å². The molecule has 1 aromatic heterocycles. The Bertz CT molecular complexity index is 246. The smallest absolute Gasteiger partial charge is 0.0242 e. The standard InChI is InChI=1S/C12H22N2S/c1-4-6-13-8-11(2)14(3)9-12-5-7-15-10-12/h5,7,10-11,13H,4,6,8-9H2,1-3H3. The average molecular weight is 226 g/mol. The maximum Gasteiger partial charge on any atom is 0.0242 e. The second-order valence-electron chi connectivity index (χ2n) is 4.10. The summed E-state index contributed by atoms with van der Waals surface area (Å²) < 4.78 is 0. The quantitative estimate of drug-likeness (QED) is 0.719. The molecule has 0 aliphatic rings. The zero-order chi connectivity index (χ0) is 11.1. The van der Waals surface area contributed by atoms with E-state index in [0.29, 0.717) is 6.04 Å². The number of nitrogens with one attached hydrogen (secondary N) is 1. The normalized spacial score (nSPS) is 13.3. The van der Waals surface area contributed by atoms with Crippen molar-refractivity contribution in [1.82, 2.24) is 10.2 Å². The Morgan fingerprint density at radius 2 is 2.33 bits per heavy atom. The van der Waals surface area contributed by atoms with E-state index < -0.39 is 0 Å². The molecule has 0 bridgehead atoms. The molecule has 0 aliphatic heterocycles. The van der Waals surface area contributed by atoms with Crippen molar-refractivity contribution in [2.45, 2.75) is 32.9 Å². The lowest BCUT2D eigenvalue weighted by Gasteiger charge is -2.24. The number of likely N-dealkylation sites (N-methyl/N-ethyl adjacent to an activating group) is 1. The van der Waals surface area contributed by atoms with Gasteiger partial charge in [0.05, 0.1) is 0 Å². The highest BCUT2D eigenvalue weighted by atomic mass is 32.1. The predicted octanol–water partition coefficient (Wildman–Crippen LogP) is 2.57. The van der Waals surface area contributed by atoms with Crippen molar-refractivity contribution < 1.29 is 0 Å². The topological polar surface area (TPSA) is 15.3 Å². The van der Waals surface area contributed by atoms with Crippen LogP contribution in [0.4, 0.5) is 0 Å². The first kappa shape index (κ1) is 12.7. The van der Waals surface area contributed by atoms with Crippen molar-refractivity contribution in [1.29, 1.82) is 0 Å². The van der Waals surface area contributed by atoms with Crippen molar-refractivity contribution >= 4 is 11.3 Å². The Morgan fingerprint density at radius 3 is 2.93 bits per heavy atom. The molecular formula is C12H22N2S. The van der Waals surface area contributed by atoms with Gasteiger partial charge in [-0.1, -0.05) is 6.92 Å². The monoisotopic (exact) mass is 226 g/mol. The van der Waals surface area contributed by atoms with Crippen molar-refractivity contribution in [3.05, 3.63) is 22.4 Å². The third-order valence-electron chi connectivity index (χ3n) is 2.63. The third kappa shape index (κ3) is 4.78. The first-order valence-corrected chi connectivity index (χ1v) is 6.60. The Hall–Kier alpha value is -0.380. The number of hydrogen-bond donors (Lipinski definition) is 1. The molecule has 0 aromatic carbocycles. The Balaban J connectivity index is 2.23. The van der Waals surface area contributed by atoms with Gasteiger partial charge in [-0.2, -0.15) is 11.3 Å². The minimum atomic E-state index is 0.594. The van der Waals surface area contributed by atoms with Gasteiger partial charge in [0.1, 0.15) is 0 Å². The summed E-state index contributed by atoms with van der Waals surface area (Å²) in [5.74, 6) is 0. The first-order valence-electron chi connectivity index (χ1n) is 5.66. The fraction of sp³-hybridized carbons (Fsp3) is 0.667. The summed E-state index contributed by atoms with van der Waals surface area (Å²) >= 11 is 1.77. The van der Waals surface area contributed by atoms with Gasteiger partial charge in [-0.25, -0.2) is 0 Å². The molecule has 0 spiro atoms. The largest absolute Gasteiger partial charge is 0.315 e. The van der Waals surface area contributed by atoms with Gasteiger partial charge in [-0.3, -0.25) is 4.90 Å². The van der Waals surface area contributed by atoms with Crippen molar-refractivity contribution in [3.8, 4) is 0 Å². The van der Waals surface area contributed by atoms with Gasteiger partial charge >= 0.3 is 0 Å². The molecular weight excluding hydrogens is 204 g/mol. The molecule has 2 nitrogen and oxygen atoms in total. The van der Waals surface area contributed by atoms with E-state index in [1.165, 1.54) is 12.0 Å². The van der Waals surface area contributed by atoms with Crippen LogP contribution < -0.4 is 5.32 Å². The van der Waals surface area contributed by atoms with E-state index in [4.69, 9.17) is 0 Å². The summed E-state index contributed by atoms with van der Waals surface area (Å²) in [6, 6.07) is 2.80. The van der Waals surface area contributed by atoms with Crippen LogP contribution in [0.3, 0.4) is 0 Å². The minimum absolute atomic E-state index is 0.594. The molecule has 86 valence electrons. The van der Waals surface area contributed by atoms with Gasteiger partial charge in [0.25, 0.3) is 0 Å². The summed E-state index contributed by atoms with van der Waals surface area (Å²) in [4.78, 5) is 2.39. The average Bonchev–Trinajstić information content (AvgIpc) is 2.70. The lowest BCUT2D eigenvalue weighted by Crippen LogP contribution is -2.37. The molecule has 0 amide bonds. The predicted molar refractivity (Wildman–Crippen MR) is 68.4 cm³/mol. The molecule has 1 rings (SSSR count). The maximum atomic E-state index is 3.46. The van der Waals surface area contributed by atoms with Crippen molar-refractivity contribution in [2.75, 3.05) is 20.1 Å². The number of hydrogen-bond acceptors (Lipinski definition) is 3. The van der Waals surface area contributed by atoms with Crippen LogP contribution >= 0.6 is 11.3 Å². The molecule has 0 radical (unpaired) electrons. The zero-order valence-electron chi connectivity index (χ0n) is 9.99. The van der Waals surface area contributed by atoms with Crippen LogP contribution in [-0.4, -0.2) is 31.1 Å². The van der Waals surface area contributed by atoms with Crippen LogP contribution in [0.25, 0.3) is 0 Å². The third-order valence-corrected chi connectivity index (χ3v) is 3.36. The van der Waals surface area contributed by atoms with Crippen molar-refractivity contribution in [2.24, 2.45) is 0 Å². The van der Waals surface area contributed by atoms with Gasteiger partial charge in [0, 0.05) is 19.1 Å². The van der Waals surface area contributed by atoms with Crippen LogP contribution in [-0.2, 0) is 6.54 Å². The molecule has 1 heterocycles. The molecule has 1 aromatic rings. The summed E-state index contributed by atoms with van der Waals surface area (Å²) in [5, 5.41) is 7.82. The fourth-order valence-electron chi connectivity index (χ4n) is 1.47. The lowest BCUT2D eigenvalue weighted by molar-refractivity contribution is 0.243. The Labute approximate surface area is 97.3 Å². The molecule has 1 N–H and O–H groups in total. The summed E-state index contributed by atoms with van der Waals surface area (Å²) in [7, 11) is 2.19. The first-order chi connectivity index (χ1) is 7.24. The molecule has 15 heavy (non-hydrogen) atoms. The van der Waals surface area contributed by atoms with Crippen LogP contribution in [0.5, 0.6) is 0 Å². The van der Waals surface area contributed by atoms with Gasteiger partial charge in [-0.05, 0) is 49.3 Å². The highest BCUT2D eigenvalue weighted by Crippen LogP contribution is 2.09. The summed E-state index contributed by atoms with van der Waals surface area (Å²) in [6.07, 6.45) is 1.21. The van der Waals surface area contributed by atoms with E-state index >= 15 is 0 Å². The molecule has 0 fully saturated rings. The van der Waals surface area contributed by atoms with E-state index in [-0.39, 0.29) is 0 Å². The molecule has 1 atom stereocenters. The van der Waals surface area contributed by atoms with E-state index in [0.717, 1.165) is 19.6 Å². The fourth-order valence-corrected chi connectivity index (χ4v) is 2.13. The zero-order valence-corrected chi connectivity index (χ0v) is 10.8. The summed E-state index contributed by atoms with van der Waals surface area (Å²) in [6.45, 7) is 7.73. The Morgan fingerprint density at radius 1 is 1.53 bits per heavy atom. The van der Waals surface area contributed by atoms with Gasteiger partial charge in [0.15, 0.2) is 0 Å². The molecule has 0 saturated heterocycles. The minimum Gasteiger partial charge on any atom is -0.315 e. The lowest BCUT2D eigenvalue weighted by atomic mass is 10.2. The SMILES string of the molecule is CCCNCC(C)N(C)Cc1ccsc1. The van der Waals surface area contributed by atoms with Crippen LogP contribution in [0.2, 0.25) is 0 Å². The number of thiophene rings is 1. The Kier molecular flexibility index (Phi) is 5.91. The van der Waals surface area contributed by atoms with E-state index in [2.05, 4.69) is 47.9 Å². The van der Waals surface area contributed by atoms with E-state index in [1.54, 1.807) is 11.3 Å².